The van der Waals surface area contributed by atoms with Crippen LogP contribution in [0.1, 0.15) is 0 Å². The van der Waals surface area contributed by atoms with Gasteiger partial charge in [-0.1, -0.05) is 0 Å². The van der Waals surface area contributed by atoms with Crippen LogP contribution in [0, 0.1) is 5.82 Å². The number of hydrogen-bond acceptors (Lipinski definition) is 5. The molecular weight excluding hydrogens is 375 g/mol. The highest BCUT2D eigenvalue weighted by atomic mass is 32.2. The normalized spacial score (nSPS) is 10.9. The summed E-state index contributed by atoms with van der Waals surface area (Å²) in [5.41, 5.74) is 0.357. The summed E-state index contributed by atoms with van der Waals surface area (Å²) in [6, 6.07) is 11.8. The van der Waals surface area contributed by atoms with Gasteiger partial charge in [0.15, 0.2) is 0 Å². The lowest BCUT2D eigenvalue weighted by atomic mass is 10.3. The Labute approximate surface area is 157 Å². The first-order valence-electron chi connectivity index (χ1n) is 8.06. The van der Waals surface area contributed by atoms with Crippen molar-refractivity contribution < 1.29 is 27.1 Å². The molecule has 1 N–H and O–H groups in total. The zero-order valence-corrected chi connectivity index (χ0v) is 15.8. The molecule has 0 spiro atoms. The second-order valence-corrected chi connectivity index (χ2v) is 7.53. The van der Waals surface area contributed by atoms with Crippen molar-refractivity contribution in [2.24, 2.45) is 0 Å². The van der Waals surface area contributed by atoms with Crippen molar-refractivity contribution in [3.8, 4) is 11.5 Å². The molecule has 0 heterocycles. The molecule has 1 amide bonds. The van der Waals surface area contributed by atoms with Crippen molar-refractivity contribution in [3.05, 3.63) is 54.3 Å². The van der Waals surface area contributed by atoms with Gasteiger partial charge < -0.3 is 14.8 Å². The van der Waals surface area contributed by atoms with Crippen molar-refractivity contribution in [2.45, 2.75) is 0 Å². The van der Waals surface area contributed by atoms with Crippen LogP contribution >= 0.6 is 0 Å². The van der Waals surface area contributed by atoms with Gasteiger partial charge in [0.1, 0.15) is 30.5 Å². The number of nitrogens with one attached hydrogen (secondary N) is 1. The van der Waals surface area contributed by atoms with Crippen LogP contribution in [0.5, 0.6) is 11.5 Å². The Morgan fingerprint density at radius 1 is 1.07 bits per heavy atom. The van der Waals surface area contributed by atoms with Gasteiger partial charge in [-0.3, -0.25) is 9.10 Å². The first-order valence-corrected chi connectivity index (χ1v) is 9.91. The van der Waals surface area contributed by atoms with Crippen LogP contribution in [0.15, 0.2) is 48.5 Å². The average molecular weight is 396 g/mol. The van der Waals surface area contributed by atoms with Gasteiger partial charge in [0.2, 0.25) is 15.9 Å². The number of ether oxygens (including phenoxy) is 2. The lowest BCUT2D eigenvalue weighted by molar-refractivity contribution is -0.119. The zero-order chi connectivity index (χ0) is 19.9. The van der Waals surface area contributed by atoms with Gasteiger partial charge in [-0.05, 0) is 48.5 Å². The summed E-state index contributed by atoms with van der Waals surface area (Å²) in [5, 5.41) is 2.59. The van der Waals surface area contributed by atoms with E-state index in [0.29, 0.717) is 17.2 Å². The highest BCUT2D eigenvalue weighted by Crippen LogP contribution is 2.21. The molecule has 0 saturated heterocycles. The second kappa shape index (κ2) is 9.22. The molecule has 0 aliphatic carbocycles. The number of methoxy groups -OCH3 is 1. The van der Waals surface area contributed by atoms with Crippen LogP contribution in [0.25, 0.3) is 0 Å². The van der Waals surface area contributed by atoms with Crippen LogP contribution in [0.3, 0.4) is 0 Å². The van der Waals surface area contributed by atoms with Crippen molar-refractivity contribution in [3.63, 3.8) is 0 Å². The number of nitrogens with zero attached hydrogens (tertiary/aromatic N) is 1. The van der Waals surface area contributed by atoms with Crippen molar-refractivity contribution >= 4 is 21.6 Å². The number of sulfonamides is 1. The third-order valence-corrected chi connectivity index (χ3v) is 4.70. The van der Waals surface area contributed by atoms with E-state index in [0.717, 1.165) is 10.6 Å². The van der Waals surface area contributed by atoms with E-state index in [2.05, 4.69) is 5.32 Å². The van der Waals surface area contributed by atoms with Gasteiger partial charge in [0, 0.05) is 0 Å². The number of rotatable bonds is 9. The highest BCUT2D eigenvalue weighted by Gasteiger charge is 2.20. The predicted octanol–water partition coefficient (Wildman–Crippen LogP) is 1.80. The molecule has 0 fully saturated rings. The Hall–Kier alpha value is -2.81. The van der Waals surface area contributed by atoms with Gasteiger partial charge in [-0.25, -0.2) is 12.8 Å². The Kier molecular flexibility index (Phi) is 7.00. The first-order chi connectivity index (χ1) is 12.8. The Morgan fingerprint density at radius 3 is 2.22 bits per heavy atom. The van der Waals surface area contributed by atoms with Gasteiger partial charge in [-0.15, -0.1) is 0 Å². The van der Waals surface area contributed by atoms with E-state index in [1.54, 1.807) is 24.3 Å². The second-order valence-electron chi connectivity index (χ2n) is 5.62. The molecule has 2 aromatic rings. The third-order valence-electron chi connectivity index (χ3n) is 3.55. The molecule has 2 rings (SSSR count). The average Bonchev–Trinajstić information content (AvgIpc) is 2.64. The number of carbonyl (C=O) groups is 1. The largest absolute Gasteiger partial charge is 0.497 e. The maximum Gasteiger partial charge on any atom is 0.240 e. The predicted molar refractivity (Wildman–Crippen MR) is 100 cm³/mol. The number of hydrogen-bond donors (Lipinski definition) is 1. The van der Waals surface area contributed by atoms with Crippen LogP contribution in [0.2, 0.25) is 0 Å². The lowest BCUT2D eigenvalue weighted by Crippen LogP contribution is -2.41. The van der Waals surface area contributed by atoms with Crippen LogP contribution in [-0.4, -0.2) is 47.4 Å². The highest BCUT2D eigenvalue weighted by molar-refractivity contribution is 7.92. The maximum absolute atomic E-state index is 12.8. The number of halogens is 1. The monoisotopic (exact) mass is 396 g/mol. The van der Waals surface area contributed by atoms with Crippen LogP contribution in [0.4, 0.5) is 10.1 Å². The SMILES string of the molecule is COc1ccc(N(CC(=O)NCCOc2ccc(F)cc2)S(C)(=O)=O)cc1. The molecule has 146 valence electrons. The molecule has 0 aromatic heterocycles. The molecule has 0 aliphatic rings. The summed E-state index contributed by atoms with van der Waals surface area (Å²) in [6.45, 7) is -0.0169. The maximum atomic E-state index is 12.8. The summed E-state index contributed by atoms with van der Waals surface area (Å²) in [6.07, 6.45) is 1.03. The summed E-state index contributed by atoms with van der Waals surface area (Å²) >= 11 is 0. The Balaban J connectivity index is 1.88. The number of anilines is 1. The summed E-state index contributed by atoms with van der Waals surface area (Å²) in [4.78, 5) is 12.1. The molecule has 27 heavy (non-hydrogen) atoms. The zero-order valence-electron chi connectivity index (χ0n) is 15.0. The van der Waals surface area contributed by atoms with Gasteiger partial charge in [0.05, 0.1) is 25.6 Å². The van der Waals surface area contributed by atoms with Crippen LogP contribution < -0.4 is 19.1 Å². The van der Waals surface area contributed by atoms with Gasteiger partial charge >= 0.3 is 0 Å². The van der Waals surface area contributed by atoms with E-state index in [1.807, 2.05) is 0 Å². The van der Waals surface area contributed by atoms with E-state index in [1.165, 1.54) is 31.4 Å². The van der Waals surface area contributed by atoms with Crippen LogP contribution in [-0.2, 0) is 14.8 Å². The molecule has 2 aromatic carbocycles. The first kappa shape index (κ1) is 20.5. The molecular formula is C18H21FN2O5S. The standard InChI is InChI=1S/C18H21FN2O5S/c1-25-16-9-5-15(6-10-16)21(27(2,23)24)13-18(22)20-11-12-26-17-7-3-14(19)4-8-17/h3-10H,11-13H2,1-2H3,(H,20,22). The minimum absolute atomic E-state index is 0.165. The molecule has 0 bridgehead atoms. The molecule has 0 radical (unpaired) electrons. The third kappa shape index (κ3) is 6.45. The van der Waals surface area contributed by atoms with Crippen molar-refractivity contribution in [2.75, 3.05) is 37.4 Å². The number of amides is 1. The Bertz CT molecular complexity index is 854. The lowest BCUT2D eigenvalue weighted by Gasteiger charge is -2.22. The number of carbonyl (C=O) groups excluding carboxylic acids is 1. The minimum Gasteiger partial charge on any atom is -0.497 e. The minimum atomic E-state index is -3.65. The van der Waals surface area contributed by atoms with E-state index < -0.39 is 15.9 Å². The molecule has 9 heteroatoms. The molecule has 0 aliphatic heterocycles. The molecule has 0 unspecified atom stereocenters. The number of benzene rings is 2. The van der Waals surface area contributed by atoms with E-state index in [-0.39, 0.29) is 25.5 Å². The fourth-order valence-corrected chi connectivity index (χ4v) is 3.08. The van der Waals surface area contributed by atoms with Crippen molar-refractivity contribution in [1.29, 1.82) is 0 Å². The van der Waals surface area contributed by atoms with Crippen molar-refractivity contribution in [1.82, 2.24) is 5.32 Å². The summed E-state index contributed by atoms with van der Waals surface area (Å²) in [7, 11) is -2.14. The smallest absolute Gasteiger partial charge is 0.240 e. The summed E-state index contributed by atoms with van der Waals surface area (Å²) in [5.74, 6) is 0.213. The van der Waals surface area contributed by atoms with Gasteiger partial charge in [-0.2, -0.15) is 0 Å². The Morgan fingerprint density at radius 2 is 1.67 bits per heavy atom. The van der Waals surface area contributed by atoms with E-state index in [4.69, 9.17) is 9.47 Å². The van der Waals surface area contributed by atoms with E-state index >= 15 is 0 Å². The fourth-order valence-electron chi connectivity index (χ4n) is 2.22. The molecule has 0 saturated carbocycles. The van der Waals surface area contributed by atoms with Gasteiger partial charge in [0.25, 0.3) is 0 Å². The molecule has 0 atom stereocenters. The summed E-state index contributed by atoms with van der Waals surface area (Å²) < 4.78 is 48.3. The molecule has 7 nitrogen and oxygen atoms in total. The topological polar surface area (TPSA) is 84.9 Å². The quantitative estimate of drug-likeness (QED) is 0.654. The fraction of sp³-hybridized carbons (Fsp3) is 0.278. The van der Waals surface area contributed by atoms with E-state index in [9.17, 15) is 17.6 Å².